The van der Waals surface area contributed by atoms with Gasteiger partial charge in [-0.25, -0.2) is 27.8 Å². The average Bonchev–Trinajstić information content (AvgIpc) is 3.48. The fourth-order valence-electron chi connectivity index (χ4n) is 5.85. The van der Waals surface area contributed by atoms with Crippen molar-refractivity contribution in [2.24, 2.45) is 11.8 Å². The first-order chi connectivity index (χ1) is 18.4. The molecule has 0 bridgehead atoms. The van der Waals surface area contributed by atoms with E-state index in [-0.39, 0.29) is 17.3 Å². The smallest absolute Gasteiger partial charge is 0.474 e. The minimum Gasteiger partial charge on any atom is -0.474 e. The van der Waals surface area contributed by atoms with E-state index in [4.69, 9.17) is 9.47 Å². The number of hydrogen-bond acceptors (Lipinski definition) is 10. The van der Waals surface area contributed by atoms with E-state index in [1.54, 1.807) is 13.1 Å². The number of aliphatic hydroxyl groups excluding tert-OH is 1. The number of aromatic nitrogens is 2. The number of sulfone groups is 1. The molecule has 1 unspecified atom stereocenters. The topological polar surface area (TPSA) is 162 Å². The molecule has 2 aliphatic rings. The Labute approximate surface area is 230 Å². The average molecular weight is 585 g/mol. The molecule has 12 nitrogen and oxygen atoms in total. The lowest BCUT2D eigenvalue weighted by Crippen LogP contribution is -2.76. The van der Waals surface area contributed by atoms with Gasteiger partial charge in [-0.15, -0.1) is 11.3 Å². The summed E-state index contributed by atoms with van der Waals surface area (Å²) in [6.45, 7) is 4.88. The largest absolute Gasteiger partial charge is 0.512 e. The summed E-state index contributed by atoms with van der Waals surface area (Å²) in [6.07, 6.45) is 6.66. The highest BCUT2D eigenvalue weighted by atomic mass is 32.2. The molecule has 4 heterocycles. The quantitative estimate of drug-likeness (QED) is 0.164. The summed E-state index contributed by atoms with van der Waals surface area (Å²) in [6, 6.07) is -0.700. The van der Waals surface area contributed by atoms with Gasteiger partial charge in [-0.2, -0.15) is 4.48 Å². The number of carbonyl (C=O) groups excluding carboxylic acids is 2. The van der Waals surface area contributed by atoms with Crippen LogP contribution in [0.15, 0.2) is 23.2 Å². The monoisotopic (exact) mass is 584 g/mol. The first-order valence-corrected chi connectivity index (χ1v) is 15.6. The summed E-state index contributed by atoms with van der Waals surface area (Å²) in [5.41, 5.74) is 0.0603. The van der Waals surface area contributed by atoms with Crippen molar-refractivity contribution in [3.05, 3.63) is 23.1 Å². The molecular formula is C25H34N3O9S2+. The third-order valence-electron chi connectivity index (χ3n) is 7.55. The number of carbonyl (C=O) groups is 3. The molecule has 2 aromatic rings. The van der Waals surface area contributed by atoms with Crippen LogP contribution in [0.2, 0.25) is 0 Å². The number of nitrogens with zero attached hydrogens (tertiary/aromatic N) is 3. The number of rotatable bonds is 12. The van der Waals surface area contributed by atoms with Crippen LogP contribution in [-0.4, -0.2) is 82.3 Å². The fraction of sp³-hybridized carbons (Fsp3) is 0.600. The molecule has 39 heavy (non-hydrogen) atoms. The standard InChI is InChI=1S/C25H33N3O9S2/c1-5-6-7-8-9-10-36-25(33)37-13-28-19(18(15(3)29)23(28)30)14(2)17(20(28)24(31)32)16-11-27-12-26-21(22(27)38-16)39(4,34)35/h11-12,14-15,18-19,29H,5-10,13H2,1-4H3/p+1/t14-,15+,18+,19+,28?/m0/s1. The molecular weight excluding hydrogens is 550 g/mol. The summed E-state index contributed by atoms with van der Waals surface area (Å²) in [5.74, 6) is -3.35. The highest BCUT2D eigenvalue weighted by molar-refractivity contribution is 7.91. The van der Waals surface area contributed by atoms with Gasteiger partial charge in [0, 0.05) is 23.9 Å². The van der Waals surface area contributed by atoms with Crippen LogP contribution in [-0.2, 0) is 28.9 Å². The van der Waals surface area contributed by atoms with Crippen molar-refractivity contribution in [3.8, 4) is 0 Å². The Morgan fingerprint density at radius 3 is 2.54 bits per heavy atom. The molecule has 4 rings (SSSR count). The second kappa shape index (κ2) is 11.0. The normalized spacial score (nSPS) is 25.5. The van der Waals surface area contributed by atoms with E-state index in [0.717, 1.165) is 43.3 Å². The predicted octanol–water partition coefficient (Wildman–Crippen LogP) is 3.05. The molecule has 2 aromatic heterocycles. The van der Waals surface area contributed by atoms with Gasteiger partial charge in [0.15, 0.2) is 20.8 Å². The Balaban J connectivity index is 1.67. The van der Waals surface area contributed by atoms with Gasteiger partial charge < -0.3 is 19.7 Å². The van der Waals surface area contributed by atoms with Crippen LogP contribution in [0.4, 0.5) is 4.79 Å². The molecule has 1 amide bonds. The zero-order valence-electron chi connectivity index (χ0n) is 22.3. The number of quaternary nitrogens is 1. The molecule has 0 saturated carbocycles. The van der Waals surface area contributed by atoms with Crippen LogP contribution in [0.25, 0.3) is 10.4 Å². The number of fused-ring (bicyclic) bond motifs is 2. The Morgan fingerprint density at radius 2 is 1.92 bits per heavy atom. The molecule has 2 aliphatic heterocycles. The third kappa shape index (κ3) is 4.98. The minimum absolute atomic E-state index is 0.132. The van der Waals surface area contributed by atoms with Crippen molar-refractivity contribution < 1.29 is 47.0 Å². The van der Waals surface area contributed by atoms with Gasteiger partial charge in [-0.3, -0.25) is 4.40 Å². The number of thiazole rings is 1. The van der Waals surface area contributed by atoms with Crippen molar-refractivity contribution in [3.63, 3.8) is 0 Å². The van der Waals surface area contributed by atoms with Crippen LogP contribution in [0.1, 0.15) is 57.8 Å². The van der Waals surface area contributed by atoms with Crippen LogP contribution in [0, 0.1) is 11.8 Å². The maximum atomic E-state index is 13.5. The Morgan fingerprint density at radius 1 is 1.23 bits per heavy atom. The van der Waals surface area contributed by atoms with Gasteiger partial charge >= 0.3 is 18.0 Å². The molecule has 14 heteroatoms. The van der Waals surface area contributed by atoms with Crippen LogP contribution in [0.5, 0.6) is 0 Å². The molecule has 0 radical (unpaired) electrons. The Kier molecular flexibility index (Phi) is 8.22. The van der Waals surface area contributed by atoms with Gasteiger partial charge in [-0.1, -0.05) is 39.5 Å². The zero-order chi connectivity index (χ0) is 28.7. The van der Waals surface area contributed by atoms with E-state index in [1.165, 1.54) is 17.7 Å². The molecule has 0 aliphatic carbocycles. The van der Waals surface area contributed by atoms with Crippen molar-refractivity contribution in [1.82, 2.24) is 9.38 Å². The van der Waals surface area contributed by atoms with E-state index in [1.807, 2.05) is 0 Å². The second-order valence-electron chi connectivity index (χ2n) is 10.2. The number of imidazole rings is 1. The Hall–Kier alpha value is -2.81. The first-order valence-electron chi connectivity index (χ1n) is 12.9. The summed E-state index contributed by atoms with van der Waals surface area (Å²) in [4.78, 5) is 43.3. The summed E-state index contributed by atoms with van der Waals surface area (Å²) < 4.78 is 35.6. The lowest BCUT2D eigenvalue weighted by Gasteiger charge is -2.51. The lowest BCUT2D eigenvalue weighted by atomic mass is 9.75. The van der Waals surface area contributed by atoms with Crippen molar-refractivity contribution in [1.29, 1.82) is 0 Å². The number of carboxylic acid groups (broad SMARTS) is 1. The molecule has 2 N–H and O–H groups in total. The number of amides is 1. The summed E-state index contributed by atoms with van der Waals surface area (Å²) >= 11 is 1.05. The van der Waals surface area contributed by atoms with Gasteiger partial charge in [-0.05, 0) is 13.3 Å². The van der Waals surface area contributed by atoms with E-state index in [9.17, 15) is 33.0 Å². The number of unbranched alkanes of at least 4 members (excludes halogenated alkanes) is 4. The second-order valence-corrected chi connectivity index (χ2v) is 13.2. The molecule has 1 fully saturated rings. The van der Waals surface area contributed by atoms with Gasteiger partial charge in [0.05, 0.1) is 17.6 Å². The first kappa shape index (κ1) is 29.2. The maximum absolute atomic E-state index is 13.5. The van der Waals surface area contributed by atoms with Crippen molar-refractivity contribution in [2.75, 3.05) is 19.6 Å². The molecule has 0 spiro atoms. The molecule has 0 aromatic carbocycles. The summed E-state index contributed by atoms with van der Waals surface area (Å²) in [7, 11) is -3.64. The predicted molar refractivity (Wildman–Crippen MR) is 140 cm³/mol. The van der Waals surface area contributed by atoms with Crippen molar-refractivity contribution >= 4 is 49.6 Å². The van der Waals surface area contributed by atoms with E-state index < -0.39 is 63.1 Å². The fourth-order valence-corrected chi connectivity index (χ4v) is 8.20. The van der Waals surface area contributed by atoms with Crippen LogP contribution < -0.4 is 0 Å². The third-order valence-corrected chi connectivity index (χ3v) is 9.82. The highest BCUT2D eigenvalue weighted by Gasteiger charge is 2.75. The number of aliphatic carboxylic acids is 1. The van der Waals surface area contributed by atoms with Gasteiger partial charge in [0.25, 0.3) is 0 Å². The van der Waals surface area contributed by atoms with Gasteiger partial charge in [0.2, 0.25) is 12.4 Å². The molecule has 5 atom stereocenters. The van der Waals surface area contributed by atoms with E-state index in [2.05, 4.69) is 11.9 Å². The van der Waals surface area contributed by atoms with E-state index in [0.29, 0.717) is 21.7 Å². The number of aliphatic hydroxyl groups is 1. The number of β-lactam (4-membered cyclic amide) rings is 1. The SMILES string of the molecule is CCCCCCCOC(=O)OC[N+]12C(=O)[C@H]([C@@H](C)O)[C@H]1[C@@H](C)C(c1cn3cnc(S(C)(=O)=O)c3s1)=C2C(=O)O. The summed E-state index contributed by atoms with van der Waals surface area (Å²) in [5, 5.41) is 20.6. The zero-order valence-corrected chi connectivity index (χ0v) is 24.0. The lowest BCUT2D eigenvalue weighted by molar-refractivity contribution is -0.891. The van der Waals surface area contributed by atoms with Gasteiger partial charge in [0.1, 0.15) is 17.2 Å². The molecule has 1 saturated heterocycles. The number of carboxylic acids is 1. The highest BCUT2D eigenvalue weighted by Crippen LogP contribution is 2.57. The van der Waals surface area contributed by atoms with Crippen LogP contribution in [0.3, 0.4) is 0 Å². The number of hydrogen-bond donors (Lipinski definition) is 2. The van der Waals surface area contributed by atoms with E-state index >= 15 is 0 Å². The maximum Gasteiger partial charge on any atom is 0.512 e. The van der Waals surface area contributed by atoms with Crippen LogP contribution >= 0.6 is 11.3 Å². The van der Waals surface area contributed by atoms with Crippen molar-refractivity contribution in [2.45, 2.75) is 70.0 Å². The minimum atomic E-state index is -3.64. The number of ether oxygens (including phenoxy) is 2. The Bertz CT molecular complexity index is 1430. The molecule has 214 valence electrons.